The van der Waals surface area contributed by atoms with Gasteiger partial charge in [0.2, 0.25) is 0 Å². The highest BCUT2D eigenvalue weighted by atomic mass is 35.5. The Morgan fingerprint density at radius 1 is 1.41 bits per heavy atom. The molecule has 1 aliphatic rings. The zero-order valence-corrected chi connectivity index (χ0v) is 10.3. The van der Waals surface area contributed by atoms with Gasteiger partial charge in [0.15, 0.2) is 0 Å². The van der Waals surface area contributed by atoms with E-state index >= 15 is 0 Å². The highest BCUT2D eigenvalue weighted by Gasteiger charge is 2.19. The predicted molar refractivity (Wildman–Crippen MR) is 67.6 cm³/mol. The van der Waals surface area contributed by atoms with Crippen LogP contribution in [-0.4, -0.2) is 54.4 Å². The van der Waals surface area contributed by atoms with Gasteiger partial charge in [-0.25, -0.2) is 5.10 Å². The van der Waals surface area contributed by atoms with Gasteiger partial charge in [-0.2, -0.15) is 5.10 Å². The molecule has 0 aromatic carbocycles. The number of hydrogen-bond acceptors (Lipinski definition) is 5. The fourth-order valence-electron chi connectivity index (χ4n) is 1.99. The molecule has 0 atom stereocenters. The van der Waals surface area contributed by atoms with Gasteiger partial charge in [-0.1, -0.05) is 11.6 Å². The third kappa shape index (κ3) is 2.77. The molecule has 0 amide bonds. The number of piperazine rings is 1. The molecule has 0 radical (unpaired) electrons. The molecule has 1 fully saturated rings. The van der Waals surface area contributed by atoms with Gasteiger partial charge in [-0.05, 0) is 0 Å². The summed E-state index contributed by atoms with van der Waals surface area (Å²) >= 11 is 5.97. The maximum Gasteiger partial charge on any atom is 0.285 e. The first-order valence-corrected chi connectivity index (χ1v) is 6.00. The average molecular weight is 258 g/mol. The minimum atomic E-state index is -0.339. The molecule has 94 valence electrons. The van der Waals surface area contributed by atoms with Crippen molar-refractivity contribution in [1.82, 2.24) is 15.1 Å². The number of halogens is 1. The first kappa shape index (κ1) is 12.3. The number of hydrogen-bond donors (Lipinski definition) is 2. The lowest BCUT2D eigenvalue weighted by atomic mass is 10.3. The second kappa shape index (κ2) is 5.48. The molecule has 7 heteroatoms. The van der Waals surface area contributed by atoms with Gasteiger partial charge in [-0.3, -0.25) is 9.69 Å². The first-order chi connectivity index (χ1) is 8.22. The van der Waals surface area contributed by atoms with Gasteiger partial charge in [-0.15, -0.1) is 0 Å². The summed E-state index contributed by atoms with van der Waals surface area (Å²) in [6.45, 7) is 5.12. The van der Waals surface area contributed by atoms with E-state index in [-0.39, 0.29) is 10.6 Å². The van der Waals surface area contributed by atoms with Crippen LogP contribution in [0.25, 0.3) is 0 Å². The molecule has 1 aromatic heterocycles. The van der Waals surface area contributed by atoms with Crippen molar-refractivity contribution in [3.8, 4) is 0 Å². The standard InChI is InChI=1S/C10H16ClN5O/c11-9-8(7-13-14-10(9)17)16-5-3-15(2-1-12)4-6-16/h7H,1-6,12H2,(H,14,17). The number of nitrogens with one attached hydrogen (secondary N) is 1. The van der Waals surface area contributed by atoms with Gasteiger partial charge >= 0.3 is 0 Å². The molecule has 0 saturated carbocycles. The zero-order chi connectivity index (χ0) is 12.3. The molecule has 1 saturated heterocycles. The number of aromatic amines is 1. The summed E-state index contributed by atoms with van der Waals surface area (Å²) in [5.41, 5.74) is 5.89. The largest absolute Gasteiger partial charge is 0.366 e. The topological polar surface area (TPSA) is 78.2 Å². The van der Waals surface area contributed by atoms with Crippen molar-refractivity contribution in [2.24, 2.45) is 5.73 Å². The van der Waals surface area contributed by atoms with E-state index in [1.54, 1.807) is 6.20 Å². The van der Waals surface area contributed by atoms with Crippen molar-refractivity contribution in [1.29, 1.82) is 0 Å². The van der Waals surface area contributed by atoms with E-state index in [1.165, 1.54) is 0 Å². The second-order valence-electron chi connectivity index (χ2n) is 4.02. The van der Waals surface area contributed by atoms with Crippen LogP contribution in [0, 0.1) is 0 Å². The Balaban J connectivity index is 2.05. The number of rotatable bonds is 3. The van der Waals surface area contributed by atoms with Crippen LogP contribution in [0.1, 0.15) is 0 Å². The van der Waals surface area contributed by atoms with Crippen LogP contribution >= 0.6 is 11.6 Å². The van der Waals surface area contributed by atoms with Gasteiger partial charge in [0.05, 0.1) is 11.9 Å². The summed E-state index contributed by atoms with van der Waals surface area (Å²) in [7, 11) is 0. The molecular formula is C10H16ClN5O. The highest BCUT2D eigenvalue weighted by Crippen LogP contribution is 2.21. The van der Waals surface area contributed by atoms with Crippen molar-refractivity contribution < 1.29 is 0 Å². The quantitative estimate of drug-likeness (QED) is 0.764. The van der Waals surface area contributed by atoms with Gasteiger partial charge < -0.3 is 10.6 Å². The molecule has 3 N–H and O–H groups in total. The van der Waals surface area contributed by atoms with Crippen LogP contribution in [0.3, 0.4) is 0 Å². The average Bonchev–Trinajstić information content (AvgIpc) is 2.34. The monoisotopic (exact) mass is 257 g/mol. The Bertz CT molecular complexity index is 427. The van der Waals surface area contributed by atoms with Crippen LogP contribution in [0.4, 0.5) is 5.69 Å². The molecule has 0 bridgehead atoms. The van der Waals surface area contributed by atoms with Crippen LogP contribution < -0.4 is 16.2 Å². The van der Waals surface area contributed by atoms with E-state index in [4.69, 9.17) is 17.3 Å². The summed E-state index contributed by atoms with van der Waals surface area (Å²) < 4.78 is 0. The van der Waals surface area contributed by atoms with Crippen LogP contribution in [0.2, 0.25) is 5.02 Å². The number of nitrogens with two attached hydrogens (primary N) is 1. The predicted octanol–water partition coefficient (Wildman–Crippen LogP) is -0.496. The summed E-state index contributed by atoms with van der Waals surface area (Å²) in [6.07, 6.45) is 1.60. The maximum absolute atomic E-state index is 11.3. The Morgan fingerprint density at radius 3 is 2.76 bits per heavy atom. The van der Waals surface area contributed by atoms with Crippen LogP contribution in [0.15, 0.2) is 11.0 Å². The first-order valence-electron chi connectivity index (χ1n) is 5.63. The molecular weight excluding hydrogens is 242 g/mol. The van der Waals surface area contributed by atoms with Crippen LogP contribution in [0.5, 0.6) is 0 Å². The number of nitrogens with zero attached hydrogens (tertiary/aromatic N) is 3. The van der Waals surface area contributed by atoms with Crippen molar-refractivity contribution in [3.63, 3.8) is 0 Å². The molecule has 2 rings (SSSR count). The third-order valence-corrected chi connectivity index (χ3v) is 3.30. The van der Waals surface area contributed by atoms with E-state index in [2.05, 4.69) is 20.0 Å². The summed E-state index contributed by atoms with van der Waals surface area (Å²) in [4.78, 5) is 15.7. The van der Waals surface area contributed by atoms with E-state index in [0.717, 1.165) is 32.7 Å². The fourth-order valence-corrected chi connectivity index (χ4v) is 2.20. The number of anilines is 1. The zero-order valence-electron chi connectivity index (χ0n) is 9.53. The van der Waals surface area contributed by atoms with E-state index in [0.29, 0.717) is 12.2 Å². The summed E-state index contributed by atoms with van der Waals surface area (Å²) in [5, 5.41) is 6.31. The molecule has 0 unspecified atom stereocenters. The molecule has 1 aliphatic heterocycles. The van der Waals surface area contributed by atoms with Gasteiger partial charge in [0.1, 0.15) is 5.02 Å². The Kier molecular flexibility index (Phi) is 3.98. The highest BCUT2D eigenvalue weighted by molar-refractivity contribution is 6.32. The minimum absolute atomic E-state index is 0.215. The van der Waals surface area contributed by atoms with Crippen molar-refractivity contribution in [2.75, 3.05) is 44.2 Å². The Labute approximate surface area is 104 Å². The van der Waals surface area contributed by atoms with Gasteiger partial charge in [0.25, 0.3) is 5.56 Å². The smallest absolute Gasteiger partial charge is 0.285 e. The lowest BCUT2D eigenvalue weighted by Crippen LogP contribution is -2.48. The Morgan fingerprint density at radius 2 is 2.12 bits per heavy atom. The molecule has 1 aromatic rings. The number of aromatic nitrogens is 2. The molecule has 2 heterocycles. The lowest BCUT2D eigenvalue weighted by Gasteiger charge is -2.35. The van der Waals surface area contributed by atoms with E-state index in [9.17, 15) is 4.79 Å². The normalized spacial score (nSPS) is 17.4. The fraction of sp³-hybridized carbons (Fsp3) is 0.600. The van der Waals surface area contributed by atoms with E-state index in [1.807, 2.05) is 0 Å². The van der Waals surface area contributed by atoms with Crippen molar-refractivity contribution in [2.45, 2.75) is 0 Å². The molecule has 6 nitrogen and oxygen atoms in total. The third-order valence-electron chi connectivity index (χ3n) is 2.94. The summed E-state index contributed by atoms with van der Waals surface area (Å²) in [6, 6.07) is 0. The maximum atomic E-state index is 11.3. The second-order valence-corrected chi connectivity index (χ2v) is 4.39. The van der Waals surface area contributed by atoms with E-state index < -0.39 is 0 Å². The number of H-pyrrole nitrogens is 1. The molecule has 0 spiro atoms. The summed E-state index contributed by atoms with van der Waals surface area (Å²) in [5.74, 6) is 0. The van der Waals surface area contributed by atoms with Crippen molar-refractivity contribution in [3.05, 3.63) is 21.6 Å². The Hall–Kier alpha value is -1.11. The van der Waals surface area contributed by atoms with Crippen molar-refractivity contribution >= 4 is 17.3 Å². The lowest BCUT2D eigenvalue weighted by molar-refractivity contribution is 0.265. The van der Waals surface area contributed by atoms with Crippen LogP contribution in [-0.2, 0) is 0 Å². The SMILES string of the molecule is NCCN1CCN(c2cn[nH]c(=O)c2Cl)CC1. The molecule has 17 heavy (non-hydrogen) atoms. The minimum Gasteiger partial charge on any atom is -0.366 e. The molecule has 0 aliphatic carbocycles. The van der Waals surface area contributed by atoms with Gasteiger partial charge in [0, 0.05) is 39.3 Å².